The third kappa shape index (κ3) is 2.45. The maximum absolute atomic E-state index is 11.6. The molecular weight excluding hydrogens is 180 g/mol. The molecule has 4 nitrogen and oxygen atoms in total. The molecule has 1 aliphatic carbocycles. The maximum Gasteiger partial charge on any atom is 0.250 e. The number of carbonyl (C=O) groups is 1. The molecule has 0 radical (unpaired) electrons. The highest BCUT2D eigenvalue weighted by atomic mass is 16.5. The predicted molar refractivity (Wildman–Crippen MR) is 53.0 cm³/mol. The van der Waals surface area contributed by atoms with Gasteiger partial charge in [-0.1, -0.05) is 6.92 Å². The van der Waals surface area contributed by atoms with E-state index in [0.29, 0.717) is 18.6 Å². The van der Waals surface area contributed by atoms with E-state index in [0.717, 1.165) is 13.1 Å². The normalized spacial score (nSPS) is 29.6. The maximum atomic E-state index is 11.6. The van der Waals surface area contributed by atoms with Crippen molar-refractivity contribution in [3.63, 3.8) is 0 Å². The molecule has 4 heteroatoms. The summed E-state index contributed by atoms with van der Waals surface area (Å²) < 4.78 is 5.35. The summed E-state index contributed by atoms with van der Waals surface area (Å²) in [6, 6.07) is 0. The van der Waals surface area contributed by atoms with E-state index in [1.807, 2.05) is 0 Å². The fourth-order valence-corrected chi connectivity index (χ4v) is 1.54. The summed E-state index contributed by atoms with van der Waals surface area (Å²) in [7, 11) is 0. The van der Waals surface area contributed by atoms with Crippen LogP contribution in [0.15, 0.2) is 0 Å². The van der Waals surface area contributed by atoms with Gasteiger partial charge in [0.2, 0.25) is 5.91 Å². The van der Waals surface area contributed by atoms with Crippen LogP contribution >= 0.6 is 0 Å². The van der Waals surface area contributed by atoms with Gasteiger partial charge in [0.05, 0.1) is 6.61 Å². The van der Waals surface area contributed by atoms with Crippen molar-refractivity contribution in [1.29, 1.82) is 0 Å². The van der Waals surface area contributed by atoms with Crippen LogP contribution in [0.2, 0.25) is 0 Å². The summed E-state index contributed by atoms with van der Waals surface area (Å²) in [5.41, 5.74) is 0.373. The minimum absolute atomic E-state index is 0.0327. The first-order chi connectivity index (χ1) is 6.70. The van der Waals surface area contributed by atoms with Crippen LogP contribution in [0.1, 0.15) is 19.8 Å². The lowest BCUT2D eigenvalue weighted by molar-refractivity contribution is -0.134. The number of morpholine rings is 1. The Kier molecular flexibility index (Phi) is 2.74. The Balaban J connectivity index is 1.71. The van der Waals surface area contributed by atoms with Gasteiger partial charge in [-0.25, -0.2) is 0 Å². The number of hydrogen-bond donors (Lipinski definition) is 2. The van der Waals surface area contributed by atoms with Crippen molar-refractivity contribution in [1.82, 2.24) is 10.6 Å². The second kappa shape index (κ2) is 3.87. The molecule has 1 amide bonds. The molecule has 1 heterocycles. The highest BCUT2D eigenvalue weighted by Crippen LogP contribution is 2.43. The zero-order valence-corrected chi connectivity index (χ0v) is 8.64. The van der Waals surface area contributed by atoms with Crippen molar-refractivity contribution in [2.45, 2.75) is 25.9 Å². The molecule has 80 valence electrons. The van der Waals surface area contributed by atoms with Crippen LogP contribution in [0.3, 0.4) is 0 Å². The van der Waals surface area contributed by atoms with E-state index in [1.165, 1.54) is 12.8 Å². The van der Waals surface area contributed by atoms with Crippen LogP contribution in [-0.4, -0.2) is 38.3 Å². The molecule has 0 bridgehead atoms. The topological polar surface area (TPSA) is 50.4 Å². The Hall–Kier alpha value is -0.610. The van der Waals surface area contributed by atoms with Crippen LogP contribution in [0.5, 0.6) is 0 Å². The molecule has 1 unspecified atom stereocenters. The number of carbonyl (C=O) groups excluding carboxylic acids is 1. The molecule has 2 aliphatic rings. The van der Waals surface area contributed by atoms with E-state index < -0.39 is 0 Å². The summed E-state index contributed by atoms with van der Waals surface area (Å²) in [4.78, 5) is 11.6. The molecule has 1 atom stereocenters. The van der Waals surface area contributed by atoms with Crippen molar-refractivity contribution in [3.05, 3.63) is 0 Å². The molecule has 2 rings (SSSR count). The lowest BCUT2D eigenvalue weighted by Gasteiger charge is -2.23. The zero-order chi connectivity index (χ0) is 10.0. The lowest BCUT2D eigenvalue weighted by Crippen LogP contribution is -2.48. The van der Waals surface area contributed by atoms with Gasteiger partial charge in [-0.05, 0) is 18.3 Å². The molecule has 2 fully saturated rings. The molecule has 1 saturated heterocycles. The third-order valence-corrected chi connectivity index (χ3v) is 3.01. The summed E-state index contributed by atoms with van der Waals surface area (Å²) >= 11 is 0. The largest absolute Gasteiger partial charge is 0.366 e. The molecule has 0 spiro atoms. The Labute approximate surface area is 84.4 Å². The fourth-order valence-electron chi connectivity index (χ4n) is 1.54. The van der Waals surface area contributed by atoms with Gasteiger partial charge in [0.1, 0.15) is 6.10 Å². The van der Waals surface area contributed by atoms with Crippen molar-refractivity contribution < 1.29 is 9.53 Å². The molecule has 0 aromatic carbocycles. The van der Waals surface area contributed by atoms with Crippen LogP contribution < -0.4 is 10.6 Å². The van der Waals surface area contributed by atoms with E-state index in [2.05, 4.69) is 17.6 Å². The van der Waals surface area contributed by atoms with Gasteiger partial charge >= 0.3 is 0 Å². The summed E-state index contributed by atoms with van der Waals surface area (Å²) in [6.07, 6.45) is 2.18. The first kappa shape index (κ1) is 9.93. The number of hydrogen-bond acceptors (Lipinski definition) is 3. The highest BCUT2D eigenvalue weighted by molar-refractivity contribution is 5.81. The molecule has 14 heavy (non-hydrogen) atoms. The van der Waals surface area contributed by atoms with E-state index in [1.54, 1.807) is 0 Å². The Morgan fingerprint density at radius 1 is 1.64 bits per heavy atom. The van der Waals surface area contributed by atoms with Gasteiger partial charge in [0, 0.05) is 19.6 Å². The summed E-state index contributed by atoms with van der Waals surface area (Å²) in [5.74, 6) is 0.0327. The number of rotatable bonds is 3. The fraction of sp³-hybridized carbons (Fsp3) is 0.900. The van der Waals surface area contributed by atoms with E-state index in [4.69, 9.17) is 4.74 Å². The summed E-state index contributed by atoms with van der Waals surface area (Å²) in [6.45, 7) is 5.12. The van der Waals surface area contributed by atoms with Crippen molar-refractivity contribution in [3.8, 4) is 0 Å². The molecule has 1 saturated carbocycles. The standard InChI is InChI=1S/C10H18N2O2/c1-10(2-3-10)7-12-9(13)8-6-11-4-5-14-8/h8,11H,2-7H2,1H3,(H,12,13). The van der Waals surface area contributed by atoms with Crippen LogP contribution in [0.4, 0.5) is 0 Å². The molecular formula is C10H18N2O2. The van der Waals surface area contributed by atoms with Gasteiger partial charge in [-0.2, -0.15) is 0 Å². The third-order valence-electron chi connectivity index (χ3n) is 3.01. The second-order valence-electron chi connectivity index (χ2n) is 4.59. The van der Waals surface area contributed by atoms with Gasteiger partial charge in [0.25, 0.3) is 0 Å². The van der Waals surface area contributed by atoms with E-state index >= 15 is 0 Å². The zero-order valence-electron chi connectivity index (χ0n) is 8.64. The predicted octanol–water partition coefficient (Wildman–Crippen LogP) is -0.109. The van der Waals surface area contributed by atoms with Crippen molar-refractivity contribution >= 4 is 5.91 Å². The van der Waals surface area contributed by atoms with Crippen LogP contribution in [0, 0.1) is 5.41 Å². The quantitative estimate of drug-likeness (QED) is 0.665. The highest BCUT2D eigenvalue weighted by Gasteiger charge is 2.37. The average molecular weight is 198 g/mol. The Morgan fingerprint density at radius 2 is 2.43 bits per heavy atom. The van der Waals surface area contributed by atoms with Gasteiger partial charge < -0.3 is 15.4 Å². The monoisotopic (exact) mass is 198 g/mol. The Morgan fingerprint density at radius 3 is 3.00 bits per heavy atom. The first-order valence-electron chi connectivity index (χ1n) is 5.30. The smallest absolute Gasteiger partial charge is 0.250 e. The Bertz CT molecular complexity index is 220. The van der Waals surface area contributed by atoms with Crippen LogP contribution in [0.25, 0.3) is 0 Å². The molecule has 0 aromatic rings. The second-order valence-corrected chi connectivity index (χ2v) is 4.59. The van der Waals surface area contributed by atoms with Crippen molar-refractivity contribution in [2.24, 2.45) is 5.41 Å². The van der Waals surface area contributed by atoms with Gasteiger partial charge in [-0.15, -0.1) is 0 Å². The summed E-state index contributed by atoms with van der Waals surface area (Å²) in [5, 5.41) is 6.09. The number of ether oxygens (including phenoxy) is 1. The lowest BCUT2D eigenvalue weighted by atomic mass is 10.1. The van der Waals surface area contributed by atoms with Crippen molar-refractivity contribution in [2.75, 3.05) is 26.2 Å². The molecule has 2 N–H and O–H groups in total. The first-order valence-corrected chi connectivity index (χ1v) is 5.30. The SMILES string of the molecule is CC1(CNC(=O)C2CNCCO2)CC1. The molecule has 1 aliphatic heterocycles. The minimum Gasteiger partial charge on any atom is -0.366 e. The number of nitrogens with one attached hydrogen (secondary N) is 2. The van der Waals surface area contributed by atoms with E-state index in [9.17, 15) is 4.79 Å². The number of amides is 1. The molecule has 0 aromatic heterocycles. The van der Waals surface area contributed by atoms with E-state index in [-0.39, 0.29) is 12.0 Å². The minimum atomic E-state index is -0.286. The van der Waals surface area contributed by atoms with Crippen LogP contribution in [-0.2, 0) is 9.53 Å². The average Bonchev–Trinajstić information content (AvgIpc) is 2.95. The van der Waals surface area contributed by atoms with Gasteiger partial charge in [-0.3, -0.25) is 4.79 Å². The van der Waals surface area contributed by atoms with Gasteiger partial charge in [0.15, 0.2) is 0 Å².